The number of hydrogen-bond donors (Lipinski definition) is 2. The number of unbranched alkanes of at least 4 members (excludes halogenated alkanes) is 4. The van der Waals surface area contributed by atoms with Gasteiger partial charge in [-0.05, 0) is 48.2 Å². The maximum atomic E-state index is 3.53. The standard InChI is InChI=1S/C24H36N2/c1-3-5-7-17-25-19-21-9-13-23(14-10-21)24-15-11-22(12-16-24)20-26-18-8-6-4-2/h9-16,25-26H,3-8,17-20H2,1-2H3. The molecular formula is C24H36N2. The van der Waals surface area contributed by atoms with Gasteiger partial charge >= 0.3 is 0 Å². The van der Waals surface area contributed by atoms with Crippen LogP contribution in [0.4, 0.5) is 0 Å². The van der Waals surface area contributed by atoms with Crippen LogP contribution in [-0.4, -0.2) is 13.1 Å². The molecule has 0 aliphatic rings. The van der Waals surface area contributed by atoms with Crippen molar-refractivity contribution in [3.63, 3.8) is 0 Å². The summed E-state index contributed by atoms with van der Waals surface area (Å²) in [5.74, 6) is 0. The molecule has 2 rings (SSSR count). The van der Waals surface area contributed by atoms with Crippen molar-refractivity contribution in [2.24, 2.45) is 0 Å². The molecule has 26 heavy (non-hydrogen) atoms. The lowest BCUT2D eigenvalue weighted by molar-refractivity contribution is 0.617. The molecule has 0 aromatic heterocycles. The normalized spacial score (nSPS) is 11.0. The van der Waals surface area contributed by atoms with E-state index in [9.17, 15) is 0 Å². The molecule has 2 aromatic rings. The van der Waals surface area contributed by atoms with E-state index < -0.39 is 0 Å². The molecule has 0 aliphatic carbocycles. The molecule has 0 bridgehead atoms. The van der Waals surface area contributed by atoms with Gasteiger partial charge in [0.25, 0.3) is 0 Å². The lowest BCUT2D eigenvalue weighted by atomic mass is 10.0. The van der Waals surface area contributed by atoms with Gasteiger partial charge in [0, 0.05) is 13.1 Å². The third-order valence-corrected chi connectivity index (χ3v) is 4.81. The Morgan fingerprint density at radius 1 is 0.538 bits per heavy atom. The van der Waals surface area contributed by atoms with Gasteiger partial charge in [-0.3, -0.25) is 0 Å². The second-order valence-corrected chi connectivity index (χ2v) is 7.16. The van der Waals surface area contributed by atoms with Crippen LogP contribution in [0.2, 0.25) is 0 Å². The van der Waals surface area contributed by atoms with Crippen molar-refractivity contribution in [3.05, 3.63) is 59.7 Å². The average Bonchev–Trinajstić information content (AvgIpc) is 2.69. The summed E-state index contributed by atoms with van der Waals surface area (Å²) in [6, 6.07) is 17.9. The first-order valence-corrected chi connectivity index (χ1v) is 10.4. The van der Waals surface area contributed by atoms with Gasteiger partial charge in [-0.15, -0.1) is 0 Å². The monoisotopic (exact) mass is 352 g/mol. The zero-order valence-corrected chi connectivity index (χ0v) is 16.7. The van der Waals surface area contributed by atoms with Crippen molar-refractivity contribution in [1.82, 2.24) is 10.6 Å². The third-order valence-electron chi connectivity index (χ3n) is 4.81. The highest BCUT2D eigenvalue weighted by atomic mass is 14.8. The molecule has 2 nitrogen and oxygen atoms in total. The van der Waals surface area contributed by atoms with Crippen LogP contribution in [0.25, 0.3) is 11.1 Å². The predicted octanol–water partition coefficient (Wildman–Crippen LogP) is 5.91. The summed E-state index contributed by atoms with van der Waals surface area (Å²) < 4.78 is 0. The first kappa shape index (κ1) is 20.7. The summed E-state index contributed by atoms with van der Waals surface area (Å²) in [5.41, 5.74) is 5.31. The van der Waals surface area contributed by atoms with E-state index >= 15 is 0 Å². The van der Waals surface area contributed by atoms with E-state index in [-0.39, 0.29) is 0 Å². The third kappa shape index (κ3) is 7.72. The summed E-state index contributed by atoms with van der Waals surface area (Å²) >= 11 is 0. The van der Waals surface area contributed by atoms with Crippen LogP contribution in [-0.2, 0) is 13.1 Å². The minimum absolute atomic E-state index is 0.965. The molecule has 0 spiro atoms. The van der Waals surface area contributed by atoms with Gasteiger partial charge in [0.2, 0.25) is 0 Å². The van der Waals surface area contributed by atoms with E-state index in [4.69, 9.17) is 0 Å². The largest absolute Gasteiger partial charge is 0.313 e. The van der Waals surface area contributed by atoms with Crippen LogP contribution in [0.3, 0.4) is 0 Å². The van der Waals surface area contributed by atoms with Crippen LogP contribution < -0.4 is 10.6 Å². The number of hydrogen-bond acceptors (Lipinski definition) is 2. The van der Waals surface area contributed by atoms with Crippen molar-refractivity contribution < 1.29 is 0 Å². The minimum atomic E-state index is 0.965. The Morgan fingerprint density at radius 3 is 1.27 bits per heavy atom. The lowest BCUT2D eigenvalue weighted by Crippen LogP contribution is -2.14. The second-order valence-electron chi connectivity index (χ2n) is 7.16. The summed E-state index contributed by atoms with van der Waals surface area (Å²) in [7, 11) is 0. The van der Waals surface area contributed by atoms with Crippen LogP contribution in [0.5, 0.6) is 0 Å². The Kier molecular flexibility index (Phi) is 10.1. The predicted molar refractivity (Wildman–Crippen MR) is 114 cm³/mol. The fraction of sp³-hybridized carbons (Fsp3) is 0.500. The number of nitrogens with one attached hydrogen (secondary N) is 2. The molecule has 0 fully saturated rings. The van der Waals surface area contributed by atoms with E-state index in [1.54, 1.807) is 0 Å². The highest BCUT2D eigenvalue weighted by Gasteiger charge is 2.00. The van der Waals surface area contributed by atoms with E-state index in [0.29, 0.717) is 0 Å². The Morgan fingerprint density at radius 2 is 0.923 bits per heavy atom. The Labute approximate surface area is 160 Å². The van der Waals surface area contributed by atoms with E-state index in [1.165, 1.54) is 60.8 Å². The SMILES string of the molecule is CCCCCNCc1ccc(-c2ccc(CNCCCCC)cc2)cc1. The second kappa shape index (κ2) is 12.7. The smallest absolute Gasteiger partial charge is 0.0205 e. The van der Waals surface area contributed by atoms with Crippen LogP contribution in [0, 0.1) is 0 Å². The Bertz CT molecular complexity index is 531. The Hall–Kier alpha value is -1.64. The fourth-order valence-electron chi connectivity index (χ4n) is 3.10. The first-order chi connectivity index (χ1) is 12.8. The van der Waals surface area contributed by atoms with E-state index in [2.05, 4.69) is 73.0 Å². The van der Waals surface area contributed by atoms with Gasteiger partial charge in [-0.1, -0.05) is 88.1 Å². The highest BCUT2D eigenvalue weighted by molar-refractivity contribution is 5.63. The van der Waals surface area contributed by atoms with Gasteiger partial charge in [-0.25, -0.2) is 0 Å². The van der Waals surface area contributed by atoms with Crippen LogP contribution >= 0.6 is 0 Å². The molecule has 2 heteroatoms. The molecule has 2 N–H and O–H groups in total. The van der Waals surface area contributed by atoms with Crippen molar-refractivity contribution in [2.45, 2.75) is 65.5 Å². The average molecular weight is 353 g/mol. The minimum Gasteiger partial charge on any atom is -0.313 e. The number of rotatable bonds is 13. The molecular weight excluding hydrogens is 316 g/mol. The number of benzene rings is 2. The summed E-state index contributed by atoms with van der Waals surface area (Å²) in [6.45, 7) is 8.65. The molecule has 0 saturated carbocycles. The fourth-order valence-corrected chi connectivity index (χ4v) is 3.10. The molecule has 0 heterocycles. The van der Waals surface area contributed by atoms with Gasteiger partial charge in [-0.2, -0.15) is 0 Å². The summed E-state index contributed by atoms with van der Waals surface area (Å²) in [6.07, 6.45) is 7.74. The first-order valence-electron chi connectivity index (χ1n) is 10.4. The van der Waals surface area contributed by atoms with Gasteiger partial charge < -0.3 is 10.6 Å². The van der Waals surface area contributed by atoms with Crippen molar-refractivity contribution in [1.29, 1.82) is 0 Å². The molecule has 0 atom stereocenters. The molecule has 0 aliphatic heterocycles. The summed E-state index contributed by atoms with van der Waals surface area (Å²) in [5, 5.41) is 7.06. The van der Waals surface area contributed by atoms with Gasteiger partial charge in [0.1, 0.15) is 0 Å². The van der Waals surface area contributed by atoms with Crippen LogP contribution in [0.1, 0.15) is 63.5 Å². The van der Waals surface area contributed by atoms with Crippen molar-refractivity contribution in [3.8, 4) is 11.1 Å². The van der Waals surface area contributed by atoms with Gasteiger partial charge in [0.05, 0.1) is 0 Å². The quantitative estimate of drug-likeness (QED) is 0.438. The Balaban J connectivity index is 1.77. The molecule has 2 aromatic carbocycles. The topological polar surface area (TPSA) is 24.1 Å². The zero-order chi connectivity index (χ0) is 18.5. The zero-order valence-electron chi connectivity index (χ0n) is 16.7. The van der Waals surface area contributed by atoms with Crippen LogP contribution in [0.15, 0.2) is 48.5 Å². The van der Waals surface area contributed by atoms with E-state index in [1.807, 2.05) is 0 Å². The maximum Gasteiger partial charge on any atom is 0.0205 e. The molecule has 142 valence electrons. The van der Waals surface area contributed by atoms with Crippen molar-refractivity contribution in [2.75, 3.05) is 13.1 Å². The summed E-state index contributed by atoms with van der Waals surface area (Å²) in [4.78, 5) is 0. The molecule has 0 saturated heterocycles. The van der Waals surface area contributed by atoms with E-state index in [0.717, 1.165) is 26.2 Å². The van der Waals surface area contributed by atoms with Gasteiger partial charge in [0.15, 0.2) is 0 Å². The maximum absolute atomic E-state index is 3.53. The van der Waals surface area contributed by atoms with Crippen molar-refractivity contribution >= 4 is 0 Å². The molecule has 0 radical (unpaired) electrons. The lowest BCUT2D eigenvalue weighted by Gasteiger charge is -2.08. The highest BCUT2D eigenvalue weighted by Crippen LogP contribution is 2.20. The molecule has 0 amide bonds. The molecule has 0 unspecified atom stereocenters.